The lowest BCUT2D eigenvalue weighted by Gasteiger charge is -2.11. The van der Waals surface area contributed by atoms with Gasteiger partial charge in [0.15, 0.2) is 5.82 Å². The van der Waals surface area contributed by atoms with Crippen LogP contribution < -0.4 is 21.1 Å². The Bertz CT molecular complexity index is 672. The first-order valence-electron chi connectivity index (χ1n) is 6.36. The molecule has 2 heterocycles. The van der Waals surface area contributed by atoms with E-state index in [0.717, 1.165) is 5.56 Å². The monoisotopic (exact) mass is 287 g/mol. The Morgan fingerprint density at radius 1 is 1.38 bits per heavy atom. The summed E-state index contributed by atoms with van der Waals surface area (Å²) in [4.78, 5) is 19.3. The minimum Gasteiger partial charge on any atom is -0.439 e. The van der Waals surface area contributed by atoms with Crippen molar-refractivity contribution in [1.82, 2.24) is 9.97 Å². The van der Waals surface area contributed by atoms with Crippen molar-refractivity contribution in [3.05, 3.63) is 30.0 Å². The summed E-state index contributed by atoms with van der Waals surface area (Å²) in [6.07, 6.45) is 1.55. The summed E-state index contributed by atoms with van der Waals surface area (Å²) in [5.74, 6) is 1.71. The van der Waals surface area contributed by atoms with Gasteiger partial charge in [0, 0.05) is 32.3 Å². The van der Waals surface area contributed by atoms with Gasteiger partial charge >= 0.3 is 0 Å². The van der Waals surface area contributed by atoms with Gasteiger partial charge in [-0.25, -0.2) is 4.98 Å². The topological polar surface area (TPSA) is 102 Å². The van der Waals surface area contributed by atoms with Crippen molar-refractivity contribution in [3.63, 3.8) is 0 Å². The number of aryl methyl sites for hydroxylation is 1. The molecule has 0 aromatic carbocycles. The second-order valence-corrected chi connectivity index (χ2v) is 4.45. The molecule has 0 saturated carbocycles. The third-order valence-electron chi connectivity index (χ3n) is 2.74. The molecule has 0 aliphatic rings. The molecule has 0 aliphatic heterocycles. The molecule has 110 valence electrons. The van der Waals surface area contributed by atoms with Crippen LogP contribution in [0.2, 0.25) is 0 Å². The number of hydrogen-bond donors (Lipinski definition) is 3. The van der Waals surface area contributed by atoms with Crippen LogP contribution in [0.25, 0.3) is 0 Å². The van der Waals surface area contributed by atoms with Crippen LogP contribution in [0.5, 0.6) is 11.6 Å². The van der Waals surface area contributed by atoms with Crippen molar-refractivity contribution in [1.29, 1.82) is 0 Å². The number of anilines is 3. The van der Waals surface area contributed by atoms with Gasteiger partial charge in [0.25, 0.3) is 0 Å². The highest BCUT2D eigenvalue weighted by molar-refractivity contribution is 5.87. The van der Waals surface area contributed by atoms with E-state index in [1.54, 1.807) is 31.4 Å². The molecule has 0 bridgehead atoms. The predicted molar refractivity (Wildman–Crippen MR) is 81.5 cm³/mol. The van der Waals surface area contributed by atoms with E-state index in [1.165, 1.54) is 6.92 Å². The lowest BCUT2D eigenvalue weighted by atomic mass is 10.2. The Kier molecular flexibility index (Phi) is 4.22. The van der Waals surface area contributed by atoms with Gasteiger partial charge in [-0.2, -0.15) is 4.98 Å². The second-order valence-electron chi connectivity index (χ2n) is 4.45. The van der Waals surface area contributed by atoms with Crippen LogP contribution in [-0.2, 0) is 4.79 Å². The zero-order valence-electron chi connectivity index (χ0n) is 12.1. The number of carbonyl (C=O) groups is 1. The number of carbonyl (C=O) groups excluding carboxylic acids is 1. The number of aromatic nitrogens is 2. The fourth-order valence-electron chi connectivity index (χ4n) is 1.74. The molecular weight excluding hydrogens is 270 g/mol. The normalized spacial score (nSPS) is 10.0. The van der Waals surface area contributed by atoms with Crippen molar-refractivity contribution < 1.29 is 9.53 Å². The van der Waals surface area contributed by atoms with Gasteiger partial charge in [-0.15, -0.1) is 0 Å². The average molecular weight is 287 g/mol. The van der Waals surface area contributed by atoms with E-state index < -0.39 is 0 Å². The zero-order valence-corrected chi connectivity index (χ0v) is 12.1. The molecule has 7 heteroatoms. The molecule has 0 aliphatic carbocycles. The number of hydrogen-bond acceptors (Lipinski definition) is 6. The Morgan fingerprint density at radius 3 is 2.81 bits per heavy atom. The van der Waals surface area contributed by atoms with E-state index in [-0.39, 0.29) is 5.91 Å². The fraction of sp³-hybridized carbons (Fsp3) is 0.214. The van der Waals surface area contributed by atoms with Crippen LogP contribution in [-0.4, -0.2) is 22.9 Å². The molecule has 0 atom stereocenters. The van der Waals surface area contributed by atoms with Crippen molar-refractivity contribution in [2.75, 3.05) is 23.4 Å². The predicted octanol–water partition coefficient (Wildman–Crippen LogP) is 2.16. The van der Waals surface area contributed by atoms with Crippen LogP contribution >= 0.6 is 0 Å². The first kappa shape index (κ1) is 14.6. The minimum absolute atomic E-state index is 0.196. The minimum atomic E-state index is -0.196. The van der Waals surface area contributed by atoms with E-state index in [0.29, 0.717) is 29.0 Å². The standard InChI is InChI=1S/C14H17N5O2/c1-8-6-12(19-14(16-3)13(8)15)21-10-4-5-17-11(7-10)18-9(2)20/h4-7H,15H2,1-3H3,(H,16,19)(H,17,18,20). The lowest BCUT2D eigenvalue weighted by Crippen LogP contribution is -2.07. The number of nitrogens with zero attached hydrogens (tertiary/aromatic N) is 2. The fourth-order valence-corrected chi connectivity index (χ4v) is 1.74. The molecule has 21 heavy (non-hydrogen) atoms. The van der Waals surface area contributed by atoms with Gasteiger partial charge in [0.1, 0.15) is 11.6 Å². The van der Waals surface area contributed by atoms with Gasteiger partial charge in [-0.1, -0.05) is 0 Å². The Balaban J connectivity index is 2.26. The van der Waals surface area contributed by atoms with Crippen LogP contribution in [0.1, 0.15) is 12.5 Å². The first-order valence-corrected chi connectivity index (χ1v) is 6.36. The molecule has 0 saturated heterocycles. The molecular formula is C14H17N5O2. The highest BCUT2D eigenvalue weighted by Gasteiger charge is 2.08. The maximum atomic E-state index is 11.0. The van der Waals surface area contributed by atoms with Crippen molar-refractivity contribution in [3.8, 4) is 11.6 Å². The van der Waals surface area contributed by atoms with Gasteiger partial charge in [-0.3, -0.25) is 4.79 Å². The highest BCUT2D eigenvalue weighted by Crippen LogP contribution is 2.28. The highest BCUT2D eigenvalue weighted by atomic mass is 16.5. The number of amides is 1. The third kappa shape index (κ3) is 3.59. The van der Waals surface area contributed by atoms with Crippen molar-refractivity contribution >= 4 is 23.2 Å². The molecule has 7 nitrogen and oxygen atoms in total. The van der Waals surface area contributed by atoms with E-state index >= 15 is 0 Å². The molecule has 0 unspecified atom stereocenters. The quantitative estimate of drug-likeness (QED) is 0.796. The number of nitrogens with two attached hydrogens (primary N) is 1. The maximum absolute atomic E-state index is 11.0. The summed E-state index contributed by atoms with van der Waals surface area (Å²) in [5, 5.41) is 5.51. The average Bonchev–Trinajstić information content (AvgIpc) is 2.42. The first-order chi connectivity index (χ1) is 9.99. The number of rotatable bonds is 4. The summed E-state index contributed by atoms with van der Waals surface area (Å²) in [6, 6.07) is 5.04. The van der Waals surface area contributed by atoms with Crippen LogP contribution in [0, 0.1) is 6.92 Å². The Morgan fingerprint density at radius 2 is 2.14 bits per heavy atom. The smallest absolute Gasteiger partial charge is 0.222 e. The number of nitrogens with one attached hydrogen (secondary N) is 2. The summed E-state index contributed by atoms with van der Waals surface area (Å²) in [5.41, 5.74) is 7.34. The van der Waals surface area contributed by atoms with Crippen molar-refractivity contribution in [2.45, 2.75) is 13.8 Å². The summed E-state index contributed by atoms with van der Waals surface area (Å²) < 4.78 is 5.68. The summed E-state index contributed by atoms with van der Waals surface area (Å²) >= 11 is 0. The van der Waals surface area contributed by atoms with E-state index in [4.69, 9.17) is 10.5 Å². The largest absolute Gasteiger partial charge is 0.439 e. The van der Waals surface area contributed by atoms with Gasteiger partial charge < -0.3 is 21.1 Å². The molecule has 4 N–H and O–H groups in total. The van der Waals surface area contributed by atoms with Crippen molar-refractivity contribution in [2.24, 2.45) is 0 Å². The van der Waals surface area contributed by atoms with Gasteiger partial charge in [0.2, 0.25) is 11.8 Å². The van der Waals surface area contributed by atoms with E-state index in [2.05, 4.69) is 20.6 Å². The molecule has 0 spiro atoms. The number of pyridine rings is 2. The zero-order chi connectivity index (χ0) is 15.4. The third-order valence-corrected chi connectivity index (χ3v) is 2.74. The number of ether oxygens (including phenoxy) is 1. The molecule has 2 rings (SSSR count). The second kappa shape index (κ2) is 6.08. The summed E-state index contributed by atoms with van der Waals surface area (Å²) in [6.45, 7) is 3.29. The van der Waals surface area contributed by atoms with Crippen LogP contribution in [0.3, 0.4) is 0 Å². The van der Waals surface area contributed by atoms with Crippen LogP contribution in [0.4, 0.5) is 17.3 Å². The SMILES string of the molecule is CNc1nc(Oc2ccnc(NC(C)=O)c2)cc(C)c1N. The molecule has 1 amide bonds. The van der Waals surface area contributed by atoms with Gasteiger partial charge in [0.05, 0.1) is 5.69 Å². The molecule has 2 aromatic heterocycles. The maximum Gasteiger partial charge on any atom is 0.222 e. The Hall–Kier alpha value is -2.83. The van der Waals surface area contributed by atoms with E-state index in [1.807, 2.05) is 6.92 Å². The van der Waals surface area contributed by atoms with Gasteiger partial charge in [-0.05, 0) is 18.6 Å². The number of nitrogen functional groups attached to an aromatic ring is 1. The molecule has 0 radical (unpaired) electrons. The lowest BCUT2D eigenvalue weighted by molar-refractivity contribution is -0.114. The molecule has 0 fully saturated rings. The summed E-state index contributed by atoms with van der Waals surface area (Å²) in [7, 11) is 1.74. The van der Waals surface area contributed by atoms with Crippen LogP contribution in [0.15, 0.2) is 24.4 Å². The Labute approximate surface area is 122 Å². The van der Waals surface area contributed by atoms with E-state index in [9.17, 15) is 4.79 Å². The molecule has 2 aromatic rings.